The van der Waals surface area contributed by atoms with Crippen molar-refractivity contribution in [2.75, 3.05) is 13.1 Å². The first-order valence-corrected chi connectivity index (χ1v) is 8.35. The number of hydrogen-bond acceptors (Lipinski definition) is 3. The molecule has 1 aromatic carbocycles. The number of nitrogens with two attached hydrogens (primary N) is 1. The van der Waals surface area contributed by atoms with Crippen LogP contribution in [0, 0.1) is 5.82 Å². The zero-order chi connectivity index (χ0) is 16.9. The Labute approximate surface area is 149 Å². The first kappa shape index (κ1) is 20.7. The fourth-order valence-electron chi connectivity index (χ4n) is 3.24. The quantitative estimate of drug-likeness (QED) is 0.810. The van der Waals surface area contributed by atoms with Gasteiger partial charge in [-0.25, -0.2) is 9.18 Å². The maximum Gasteiger partial charge on any atom is 0.405 e. The average Bonchev–Trinajstić information content (AvgIpc) is 2.48. The Balaban J connectivity index is 0.00000288. The second-order valence-electron chi connectivity index (χ2n) is 6.91. The Bertz CT molecular complexity index is 546. The van der Waals surface area contributed by atoms with E-state index in [0.717, 1.165) is 56.3 Å². The predicted octanol–water partition coefficient (Wildman–Crippen LogP) is 3.91. The zero-order valence-corrected chi connectivity index (χ0v) is 15.3. The smallest absolute Gasteiger partial charge is 0.405 e. The van der Waals surface area contributed by atoms with E-state index < -0.39 is 11.7 Å². The van der Waals surface area contributed by atoms with E-state index in [-0.39, 0.29) is 18.2 Å². The molecule has 2 rings (SSSR count). The van der Waals surface area contributed by atoms with E-state index in [2.05, 4.69) is 5.32 Å². The number of benzene rings is 1. The van der Waals surface area contributed by atoms with Gasteiger partial charge in [0.1, 0.15) is 11.4 Å². The van der Waals surface area contributed by atoms with Gasteiger partial charge in [0.15, 0.2) is 0 Å². The number of ether oxygens (including phenoxy) is 1. The van der Waals surface area contributed by atoms with Gasteiger partial charge in [-0.3, -0.25) is 0 Å². The molecule has 0 saturated carbocycles. The molecule has 3 N–H and O–H groups in total. The molecule has 4 nitrogen and oxygen atoms in total. The molecule has 6 heteroatoms. The number of halogens is 2. The van der Waals surface area contributed by atoms with E-state index in [0.29, 0.717) is 5.92 Å². The second-order valence-corrected chi connectivity index (χ2v) is 6.91. The van der Waals surface area contributed by atoms with Crippen LogP contribution in [0.5, 0.6) is 0 Å². The molecule has 0 aliphatic carbocycles. The van der Waals surface area contributed by atoms with Crippen LogP contribution in [0.1, 0.15) is 56.6 Å². The Morgan fingerprint density at radius 3 is 2.67 bits per heavy atom. The van der Waals surface area contributed by atoms with E-state index in [1.807, 2.05) is 26.0 Å². The average molecular weight is 359 g/mol. The normalized spacial score (nSPS) is 15.6. The monoisotopic (exact) mass is 358 g/mol. The summed E-state index contributed by atoms with van der Waals surface area (Å²) in [6.07, 6.45) is 3.64. The zero-order valence-electron chi connectivity index (χ0n) is 14.4. The van der Waals surface area contributed by atoms with Gasteiger partial charge < -0.3 is 15.8 Å². The lowest BCUT2D eigenvalue weighted by Crippen LogP contribution is -2.31. The summed E-state index contributed by atoms with van der Waals surface area (Å²) in [4.78, 5) is 10.9. The SMILES string of the molecule is CC(C)(CCCc1ccc(F)c(C2CCNCC2)c1)OC(N)=O.Cl. The van der Waals surface area contributed by atoms with Crippen LogP contribution in [0.25, 0.3) is 0 Å². The van der Waals surface area contributed by atoms with Crippen LogP contribution in [0.2, 0.25) is 0 Å². The molecular weight excluding hydrogens is 331 g/mol. The van der Waals surface area contributed by atoms with E-state index in [1.165, 1.54) is 0 Å². The number of carbonyl (C=O) groups excluding carboxylic acids is 1. The summed E-state index contributed by atoms with van der Waals surface area (Å²) in [6, 6.07) is 5.44. The minimum absolute atomic E-state index is 0. The molecule has 0 atom stereocenters. The molecule has 1 heterocycles. The summed E-state index contributed by atoms with van der Waals surface area (Å²) in [6.45, 7) is 5.60. The van der Waals surface area contributed by atoms with Crippen molar-refractivity contribution in [1.82, 2.24) is 5.32 Å². The van der Waals surface area contributed by atoms with E-state index >= 15 is 0 Å². The predicted molar refractivity (Wildman–Crippen MR) is 96.2 cm³/mol. The van der Waals surface area contributed by atoms with Crippen molar-refractivity contribution in [1.29, 1.82) is 0 Å². The number of hydrogen-bond donors (Lipinski definition) is 2. The van der Waals surface area contributed by atoms with Crippen molar-refractivity contribution in [3.63, 3.8) is 0 Å². The second kappa shape index (κ2) is 9.23. The van der Waals surface area contributed by atoms with E-state index in [9.17, 15) is 9.18 Å². The third-order valence-corrected chi connectivity index (χ3v) is 4.46. The van der Waals surface area contributed by atoms with Gasteiger partial charge in [0, 0.05) is 0 Å². The number of amides is 1. The fraction of sp³-hybridized carbons (Fsp3) is 0.611. The first-order valence-electron chi connectivity index (χ1n) is 8.35. The summed E-state index contributed by atoms with van der Waals surface area (Å²) in [7, 11) is 0. The highest BCUT2D eigenvalue weighted by Gasteiger charge is 2.22. The summed E-state index contributed by atoms with van der Waals surface area (Å²) in [5.74, 6) is 0.212. The van der Waals surface area contributed by atoms with Crippen molar-refractivity contribution >= 4 is 18.5 Å². The van der Waals surface area contributed by atoms with Crippen LogP contribution >= 0.6 is 12.4 Å². The number of piperidine rings is 1. The summed E-state index contributed by atoms with van der Waals surface area (Å²) < 4.78 is 19.2. The van der Waals surface area contributed by atoms with E-state index in [4.69, 9.17) is 10.5 Å². The molecule has 0 aromatic heterocycles. The Morgan fingerprint density at radius 1 is 1.38 bits per heavy atom. The molecular formula is C18H28ClFN2O2. The van der Waals surface area contributed by atoms with Gasteiger partial charge in [-0.2, -0.15) is 0 Å². The van der Waals surface area contributed by atoms with Crippen LogP contribution in [-0.4, -0.2) is 24.8 Å². The fourth-order valence-corrected chi connectivity index (χ4v) is 3.24. The van der Waals surface area contributed by atoms with Gasteiger partial charge >= 0.3 is 6.09 Å². The molecule has 1 amide bonds. The Hall–Kier alpha value is -1.33. The van der Waals surface area contributed by atoms with Gasteiger partial charge in [-0.15, -0.1) is 12.4 Å². The lowest BCUT2D eigenvalue weighted by atomic mass is 9.88. The Kier molecular flexibility index (Phi) is 7.97. The van der Waals surface area contributed by atoms with Gasteiger partial charge in [0.25, 0.3) is 0 Å². The summed E-state index contributed by atoms with van der Waals surface area (Å²) >= 11 is 0. The highest BCUT2D eigenvalue weighted by atomic mass is 35.5. The topological polar surface area (TPSA) is 64.3 Å². The molecule has 0 unspecified atom stereocenters. The van der Waals surface area contributed by atoms with Crippen molar-refractivity contribution in [3.05, 3.63) is 35.1 Å². The maximum atomic E-state index is 14.1. The molecule has 0 spiro atoms. The lowest BCUT2D eigenvalue weighted by Gasteiger charge is -2.25. The minimum atomic E-state index is -0.745. The van der Waals surface area contributed by atoms with Gasteiger partial charge in [-0.1, -0.05) is 12.1 Å². The lowest BCUT2D eigenvalue weighted by molar-refractivity contribution is 0.0378. The summed E-state index contributed by atoms with van der Waals surface area (Å²) in [5.41, 5.74) is 6.49. The van der Waals surface area contributed by atoms with Crippen molar-refractivity contribution < 1.29 is 13.9 Å². The Morgan fingerprint density at radius 2 is 2.04 bits per heavy atom. The van der Waals surface area contributed by atoms with Crippen LogP contribution in [0.4, 0.5) is 9.18 Å². The third kappa shape index (κ3) is 6.29. The van der Waals surface area contributed by atoms with Crippen molar-refractivity contribution in [3.8, 4) is 0 Å². The molecule has 1 fully saturated rings. The highest BCUT2D eigenvalue weighted by Crippen LogP contribution is 2.29. The molecule has 1 saturated heterocycles. The van der Waals surface area contributed by atoms with Crippen molar-refractivity contribution in [2.45, 2.75) is 57.5 Å². The molecule has 1 aromatic rings. The number of aryl methyl sites for hydroxylation is 1. The highest BCUT2D eigenvalue weighted by molar-refractivity contribution is 5.85. The number of rotatable bonds is 6. The largest absolute Gasteiger partial charge is 0.444 e. The van der Waals surface area contributed by atoms with Crippen LogP contribution in [0.3, 0.4) is 0 Å². The first-order chi connectivity index (χ1) is 10.9. The minimum Gasteiger partial charge on any atom is -0.444 e. The van der Waals surface area contributed by atoms with Crippen LogP contribution in [-0.2, 0) is 11.2 Å². The third-order valence-electron chi connectivity index (χ3n) is 4.46. The number of primary amides is 1. The van der Waals surface area contributed by atoms with Crippen LogP contribution in [0.15, 0.2) is 18.2 Å². The van der Waals surface area contributed by atoms with Gasteiger partial charge in [0.2, 0.25) is 0 Å². The number of carbonyl (C=O) groups is 1. The van der Waals surface area contributed by atoms with Crippen molar-refractivity contribution in [2.24, 2.45) is 5.73 Å². The molecule has 24 heavy (non-hydrogen) atoms. The molecule has 1 aliphatic heterocycles. The van der Waals surface area contributed by atoms with Gasteiger partial charge in [-0.05, 0) is 82.2 Å². The summed E-state index contributed by atoms with van der Waals surface area (Å²) in [5, 5.41) is 3.31. The molecule has 0 radical (unpaired) electrons. The standard InChI is InChI=1S/C18H27FN2O2.ClH/c1-18(2,23-17(20)22)9-3-4-13-5-6-16(19)15(12-13)14-7-10-21-11-8-14;/h5-6,12,14,21H,3-4,7-11H2,1-2H3,(H2,20,22);1H. The molecule has 1 aliphatic rings. The molecule has 136 valence electrons. The van der Waals surface area contributed by atoms with Gasteiger partial charge in [0.05, 0.1) is 0 Å². The maximum absolute atomic E-state index is 14.1. The van der Waals surface area contributed by atoms with E-state index in [1.54, 1.807) is 6.07 Å². The van der Waals surface area contributed by atoms with Crippen LogP contribution < -0.4 is 11.1 Å². The number of nitrogens with one attached hydrogen (secondary N) is 1. The molecule has 0 bridgehead atoms.